The SMILES string of the molecule is Cc1ccc(C(Cl)c2c(C)cccc2C)c(C)c1. The van der Waals surface area contributed by atoms with Crippen LogP contribution in [0.5, 0.6) is 0 Å². The van der Waals surface area contributed by atoms with Crippen molar-refractivity contribution in [2.24, 2.45) is 0 Å². The molecule has 0 radical (unpaired) electrons. The predicted molar refractivity (Wildman–Crippen MR) is 79.5 cm³/mol. The molecule has 0 aromatic heterocycles. The van der Waals surface area contributed by atoms with Crippen LogP contribution in [0, 0.1) is 27.7 Å². The van der Waals surface area contributed by atoms with E-state index in [9.17, 15) is 0 Å². The Labute approximate surface area is 115 Å². The van der Waals surface area contributed by atoms with Gasteiger partial charge in [-0.2, -0.15) is 0 Å². The first-order valence-electron chi connectivity index (χ1n) is 6.28. The second-order valence-electron chi connectivity index (χ2n) is 5.03. The van der Waals surface area contributed by atoms with Gasteiger partial charge < -0.3 is 0 Å². The van der Waals surface area contributed by atoms with Crippen LogP contribution in [0.15, 0.2) is 36.4 Å². The Kier molecular flexibility index (Phi) is 3.77. The van der Waals surface area contributed by atoms with Crippen LogP contribution in [-0.4, -0.2) is 0 Å². The molecule has 0 amide bonds. The van der Waals surface area contributed by atoms with E-state index in [0.29, 0.717) is 0 Å². The van der Waals surface area contributed by atoms with Crippen LogP contribution in [0.1, 0.15) is 38.8 Å². The van der Waals surface area contributed by atoms with Crippen LogP contribution >= 0.6 is 11.6 Å². The van der Waals surface area contributed by atoms with Crippen molar-refractivity contribution < 1.29 is 0 Å². The average Bonchev–Trinajstić information content (AvgIpc) is 2.28. The van der Waals surface area contributed by atoms with Crippen LogP contribution in [0.3, 0.4) is 0 Å². The maximum atomic E-state index is 6.70. The molecule has 0 spiro atoms. The molecule has 0 nitrogen and oxygen atoms in total. The van der Waals surface area contributed by atoms with E-state index in [1.165, 1.54) is 33.4 Å². The van der Waals surface area contributed by atoms with Gasteiger partial charge in [-0.25, -0.2) is 0 Å². The quantitative estimate of drug-likeness (QED) is 0.646. The minimum absolute atomic E-state index is 0.0631. The lowest BCUT2D eigenvalue weighted by Crippen LogP contribution is -2.01. The van der Waals surface area contributed by atoms with Crippen molar-refractivity contribution in [2.75, 3.05) is 0 Å². The number of alkyl halides is 1. The topological polar surface area (TPSA) is 0 Å². The van der Waals surface area contributed by atoms with Gasteiger partial charge in [0.05, 0.1) is 5.38 Å². The molecule has 18 heavy (non-hydrogen) atoms. The highest BCUT2D eigenvalue weighted by Crippen LogP contribution is 2.35. The molecule has 2 rings (SSSR count). The van der Waals surface area contributed by atoms with E-state index in [-0.39, 0.29) is 5.38 Å². The Morgan fingerprint density at radius 3 is 2.00 bits per heavy atom. The summed E-state index contributed by atoms with van der Waals surface area (Å²) in [6.07, 6.45) is 0. The minimum Gasteiger partial charge on any atom is -0.113 e. The van der Waals surface area contributed by atoms with Crippen molar-refractivity contribution >= 4 is 11.6 Å². The third kappa shape index (κ3) is 2.44. The van der Waals surface area contributed by atoms with Gasteiger partial charge in [0, 0.05) is 0 Å². The summed E-state index contributed by atoms with van der Waals surface area (Å²) >= 11 is 6.70. The molecule has 1 heteroatoms. The number of hydrogen-bond acceptors (Lipinski definition) is 0. The number of halogens is 1. The lowest BCUT2D eigenvalue weighted by Gasteiger charge is -2.18. The maximum absolute atomic E-state index is 6.70. The second-order valence-corrected chi connectivity index (χ2v) is 5.46. The monoisotopic (exact) mass is 258 g/mol. The second kappa shape index (κ2) is 5.16. The summed E-state index contributed by atoms with van der Waals surface area (Å²) in [5.41, 5.74) is 7.51. The van der Waals surface area contributed by atoms with Crippen molar-refractivity contribution in [3.05, 3.63) is 69.8 Å². The van der Waals surface area contributed by atoms with Gasteiger partial charge in [-0.05, 0) is 55.5 Å². The van der Waals surface area contributed by atoms with Gasteiger partial charge in [0.2, 0.25) is 0 Å². The summed E-state index contributed by atoms with van der Waals surface area (Å²) in [6.45, 7) is 8.49. The highest BCUT2D eigenvalue weighted by Gasteiger charge is 2.17. The molecule has 0 aliphatic carbocycles. The Morgan fingerprint density at radius 1 is 0.833 bits per heavy atom. The third-order valence-corrected chi connectivity index (χ3v) is 3.95. The van der Waals surface area contributed by atoms with Gasteiger partial charge in [0.1, 0.15) is 0 Å². The lowest BCUT2D eigenvalue weighted by molar-refractivity contribution is 1.06. The first-order chi connectivity index (χ1) is 8.50. The fourth-order valence-electron chi connectivity index (χ4n) is 2.49. The molecule has 1 unspecified atom stereocenters. The molecule has 0 heterocycles. The van der Waals surface area contributed by atoms with Gasteiger partial charge >= 0.3 is 0 Å². The standard InChI is InChI=1S/C17H19Cl/c1-11-8-9-15(14(4)10-11)17(18)16-12(2)6-5-7-13(16)3/h5-10,17H,1-4H3. The molecule has 0 saturated carbocycles. The summed E-state index contributed by atoms with van der Waals surface area (Å²) in [5, 5.41) is -0.0631. The molecule has 0 bridgehead atoms. The van der Waals surface area contributed by atoms with E-state index >= 15 is 0 Å². The van der Waals surface area contributed by atoms with E-state index in [2.05, 4.69) is 64.1 Å². The van der Waals surface area contributed by atoms with Gasteiger partial charge in [0.15, 0.2) is 0 Å². The largest absolute Gasteiger partial charge is 0.113 e. The molecular weight excluding hydrogens is 240 g/mol. The first kappa shape index (κ1) is 13.2. The van der Waals surface area contributed by atoms with E-state index in [1.54, 1.807) is 0 Å². The smallest absolute Gasteiger partial charge is 0.0843 e. The van der Waals surface area contributed by atoms with Crippen molar-refractivity contribution in [1.82, 2.24) is 0 Å². The Hall–Kier alpha value is -1.27. The molecule has 0 aliphatic heterocycles. The third-order valence-electron chi connectivity index (χ3n) is 3.49. The van der Waals surface area contributed by atoms with Crippen molar-refractivity contribution in [2.45, 2.75) is 33.1 Å². The molecule has 0 N–H and O–H groups in total. The van der Waals surface area contributed by atoms with Gasteiger partial charge in [-0.1, -0.05) is 42.0 Å². The van der Waals surface area contributed by atoms with Crippen LogP contribution in [0.2, 0.25) is 0 Å². The van der Waals surface area contributed by atoms with Gasteiger partial charge in [-0.15, -0.1) is 11.6 Å². The number of aryl methyl sites for hydroxylation is 4. The maximum Gasteiger partial charge on any atom is 0.0843 e. The molecule has 2 aromatic carbocycles. The molecule has 94 valence electrons. The first-order valence-corrected chi connectivity index (χ1v) is 6.71. The molecular formula is C17H19Cl. The lowest BCUT2D eigenvalue weighted by atomic mass is 9.93. The minimum atomic E-state index is -0.0631. The number of benzene rings is 2. The highest BCUT2D eigenvalue weighted by molar-refractivity contribution is 6.23. The molecule has 0 aliphatic rings. The van der Waals surface area contributed by atoms with Crippen LogP contribution in [-0.2, 0) is 0 Å². The zero-order valence-electron chi connectivity index (χ0n) is 11.4. The summed E-state index contributed by atoms with van der Waals surface area (Å²) < 4.78 is 0. The molecule has 0 fully saturated rings. The summed E-state index contributed by atoms with van der Waals surface area (Å²) in [7, 11) is 0. The van der Waals surface area contributed by atoms with E-state index in [4.69, 9.17) is 11.6 Å². The summed E-state index contributed by atoms with van der Waals surface area (Å²) in [4.78, 5) is 0. The zero-order chi connectivity index (χ0) is 13.3. The molecule has 0 saturated heterocycles. The number of hydrogen-bond donors (Lipinski definition) is 0. The molecule has 1 atom stereocenters. The Morgan fingerprint density at radius 2 is 1.44 bits per heavy atom. The Balaban J connectivity index is 2.51. The fourth-order valence-corrected chi connectivity index (χ4v) is 3.08. The predicted octanol–water partition coefficient (Wildman–Crippen LogP) is 5.25. The zero-order valence-corrected chi connectivity index (χ0v) is 12.2. The molecule has 2 aromatic rings. The van der Waals surface area contributed by atoms with E-state index < -0.39 is 0 Å². The van der Waals surface area contributed by atoms with Gasteiger partial charge in [-0.3, -0.25) is 0 Å². The van der Waals surface area contributed by atoms with Crippen molar-refractivity contribution in [3.63, 3.8) is 0 Å². The van der Waals surface area contributed by atoms with E-state index in [0.717, 1.165) is 0 Å². The normalized spacial score (nSPS) is 12.5. The Bertz CT molecular complexity index is 550. The van der Waals surface area contributed by atoms with Gasteiger partial charge in [0.25, 0.3) is 0 Å². The van der Waals surface area contributed by atoms with Crippen LogP contribution in [0.4, 0.5) is 0 Å². The summed E-state index contributed by atoms with van der Waals surface area (Å²) in [5.74, 6) is 0. The summed E-state index contributed by atoms with van der Waals surface area (Å²) in [6, 6.07) is 12.8. The van der Waals surface area contributed by atoms with Crippen LogP contribution < -0.4 is 0 Å². The highest BCUT2D eigenvalue weighted by atomic mass is 35.5. The van der Waals surface area contributed by atoms with Crippen molar-refractivity contribution in [1.29, 1.82) is 0 Å². The number of rotatable bonds is 2. The fraction of sp³-hybridized carbons (Fsp3) is 0.294. The van der Waals surface area contributed by atoms with Crippen molar-refractivity contribution in [3.8, 4) is 0 Å². The van der Waals surface area contributed by atoms with Crippen LogP contribution in [0.25, 0.3) is 0 Å². The van der Waals surface area contributed by atoms with E-state index in [1.807, 2.05) is 0 Å². The average molecular weight is 259 g/mol.